The van der Waals surface area contributed by atoms with Crippen LogP contribution in [-0.2, 0) is 22.4 Å². The lowest BCUT2D eigenvalue weighted by Crippen LogP contribution is -2.26. The van der Waals surface area contributed by atoms with Gasteiger partial charge in [0.1, 0.15) is 12.1 Å². The highest BCUT2D eigenvalue weighted by atomic mass is 16.4. The lowest BCUT2D eigenvalue weighted by atomic mass is 10.1. The summed E-state index contributed by atoms with van der Waals surface area (Å²) in [5.41, 5.74) is 4.07. The monoisotopic (exact) mass is 326 g/mol. The van der Waals surface area contributed by atoms with Crippen molar-refractivity contribution in [2.24, 2.45) is 0 Å². The minimum atomic E-state index is -0.786. The molecular formula is C18H18N2O4. The molecule has 2 aliphatic rings. The summed E-state index contributed by atoms with van der Waals surface area (Å²) in [6.45, 7) is 0. The highest BCUT2D eigenvalue weighted by Gasteiger charge is 2.26. The van der Waals surface area contributed by atoms with E-state index in [2.05, 4.69) is 10.6 Å². The predicted molar refractivity (Wildman–Crippen MR) is 90.4 cm³/mol. The minimum absolute atomic E-state index is 0.442. The molecule has 4 N–H and O–H groups in total. The van der Waals surface area contributed by atoms with Crippen molar-refractivity contribution in [1.29, 1.82) is 0 Å². The molecule has 2 heterocycles. The van der Waals surface area contributed by atoms with Gasteiger partial charge in [-0.05, 0) is 23.3 Å². The number of benzene rings is 2. The van der Waals surface area contributed by atoms with Crippen LogP contribution < -0.4 is 10.6 Å². The van der Waals surface area contributed by atoms with E-state index in [4.69, 9.17) is 10.2 Å². The van der Waals surface area contributed by atoms with E-state index in [9.17, 15) is 9.59 Å². The summed E-state index contributed by atoms with van der Waals surface area (Å²) in [5, 5.41) is 23.3. The lowest BCUT2D eigenvalue weighted by molar-refractivity contribution is -0.138. The molecule has 0 aromatic heterocycles. The number of anilines is 2. The molecule has 6 heteroatoms. The molecule has 0 radical (unpaired) electrons. The van der Waals surface area contributed by atoms with Gasteiger partial charge in [-0.1, -0.05) is 36.4 Å². The first-order valence-corrected chi connectivity index (χ1v) is 7.69. The van der Waals surface area contributed by atoms with Crippen LogP contribution in [0, 0.1) is 0 Å². The van der Waals surface area contributed by atoms with E-state index in [1.807, 2.05) is 48.5 Å². The van der Waals surface area contributed by atoms with Gasteiger partial charge in [-0.3, -0.25) is 0 Å². The normalized spacial score (nSPS) is 19.8. The fourth-order valence-corrected chi connectivity index (χ4v) is 2.89. The van der Waals surface area contributed by atoms with Gasteiger partial charge in [0.15, 0.2) is 0 Å². The number of aliphatic carboxylic acids is 2. The summed E-state index contributed by atoms with van der Waals surface area (Å²) in [5.74, 6) is -1.57. The molecule has 0 amide bonds. The second-order valence-corrected chi connectivity index (χ2v) is 5.79. The first-order valence-electron chi connectivity index (χ1n) is 7.69. The molecular weight excluding hydrogens is 308 g/mol. The van der Waals surface area contributed by atoms with E-state index < -0.39 is 24.0 Å². The Bertz CT molecular complexity index is 660. The van der Waals surface area contributed by atoms with Gasteiger partial charge in [0.25, 0.3) is 0 Å². The van der Waals surface area contributed by atoms with E-state index >= 15 is 0 Å². The molecule has 24 heavy (non-hydrogen) atoms. The van der Waals surface area contributed by atoms with Crippen molar-refractivity contribution in [2.75, 3.05) is 10.6 Å². The van der Waals surface area contributed by atoms with Crippen LogP contribution in [0.4, 0.5) is 11.4 Å². The smallest absolute Gasteiger partial charge is 0.326 e. The summed E-state index contributed by atoms with van der Waals surface area (Å²) in [4.78, 5) is 21.2. The van der Waals surface area contributed by atoms with Crippen LogP contribution in [0.25, 0.3) is 0 Å². The van der Waals surface area contributed by atoms with Gasteiger partial charge < -0.3 is 20.8 Å². The molecule has 2 aromatic rings. The third kappa shape index (κ3) is 3.32. The molecule has 0 fully saturated rings. The molecule has 0 aliphatic carbocycles. The maximum atomic E-state index is 10.6. The van der Waals surface area contributed by atoms with E-state index in [1.54, 1.807) is 0 Å². The molecule has 6 nitrogen and oxygen atoms in total. The fraction of sp³-hybridized carbons (Fsp3) is 0.222. The van der Waals surface area contributed by atoms with Crippen LogP contribution in [0.15, 0.2) is 48.5 Å². The Kier molecular flexibility index (Phi) is 4.37. The zero-order valence-corrected chi connectivity index (χ0v) is 12.9. The average molecular weight is 326 g/mol. The number of carboxylic acid groups (broad SMARTS) is 2. The van der Waals surface area contributed by atoms with Gasteiger partial charge in [-0.25, -0.2) is 9.59 Å². The number of para-hydroxylation sites is 2. The predicted octanol–water partition coefficient (Wildman–Crippen LogP) is 2.22. The second kappa shape index (κ2) is 6.62. The molecule has 2 unspecified atom stereocenters. The summed E-state index contributed by atoms with van der Waals surface area (Å²) in [7, 11) is 0. The summed E-state index contributed by atoms with van der Waals surface area (Å²) < 4.78 is 0. The highest BCUT2D eigenvalue weighted by molar-refractivity contribution is 5.81. The van der Waals surface area contributed by atoms with Crippen LogP contribution in [0.2, 0.25) is 0 Å². The number of fused-ring (bicyclic) bond motifs is 2. The van der Waals surface area contributed by atoms with Crippen LogP contribution in [0.5, 0.6) is 0 Å². The number of hydrogen-bond donors (Lipinski definition) is 4. The largest absolute Gasteiger partial charge is 0.480 e. The Morgan fingerprint density at radius 2 is 1.12 bits per heavy atom. The molecule has 2 atom stereocenters. The molecule has 0 spiro atoms. The number of hydrogen-bond acceptors (Lipinski definition) is 4. The van der Waals surface area contributed by atoms with Crippen LogP contribution in [0.1, 0.15) is 11.1 Å². The molecule has 4 rings (SSSR count). The molecule has 124 valence electrons. The highest BCUT2D eigenvalue weighted by Crippen LogP contribution is 2.25. The van der Waals surface area contributed by atoms with Crippen molar-refractivity contribution in [2.45, 2.75) is 24.9 Å². The van der Waals surface area contributed by atoms with Gasteiger partial charge in [0.05, 0.1) is 0 Å². The third-order valence-electron chi connectivity index (χ3n) is 4.14. The Balaban J connectivity index is 0.000000141. The average Bonchev–Trinajstić information content (AvgIpc) is 3.19. The van der Waals surface area contributed by atoms with Crippen molar-refractivity contribution in [3.05, 3.63) is 59.7 Å². The quantitative estimate of drug-likeness (QED) is 0.675. The van der Waals surface area contributed by atoms with Gasteiger partial charge in [0, 0.05) is 24.2 Å². The minimum Gasteiger partial charge on any atom is -0.480 e. The number of carboxylic acids is 2. The zero-order valence-electron chi connectivity index (χ0n) is 12.9. The molecule has 0 bridgehead atoms. The molecule has 0 saturated carbocycles. The first kappa shape index (κ1) is 15.9. The molecule has 2 aliphatic heterocycles. The van der Waals surface area contributed by atoms with E-state index in [-0.39, 0.29) is 0 Å². The topological polar surface area (TPSA) is 98.7 Å². The van der Waals surface area contributed by atoms with Crippen LogP contribution in [0.3, 0.4) is 0 Å². The Morgan fingerprint density at radius 1 is 0.750 bits per heavy atom. The Hall–Kier alpha value is -3.02. The summed E-state index contributed by atoms with van der Waals surface area (Å²) >= 11 is 0. The van der Waals surface area contributed by atoms with Crippen molar-refractivity contribution in [3.8, 4) is 0 Å². The van der Waals surface area contributed by atoms with Gasteiger partial charge in [0.2, 0.25) is 0 Å². The van der Waals surface area contributed by atoms with Gasteiger partial charge in [-0.2, -0.15) is 0 Å². The first-order chi connectivity index (χ1) is 11.5. The Labute approximate surface area is 139 Å². The number of carbonyl (C=O) groups is 2. The van der Waals surface area contributed by atoms with E-state index in [0.717, 1.165) is 22.5 Å². The maximum absolute atomic E-state index is 10.6. The third-order valence-corrected chi connectivity index (χ3v) is 4.14. The zero-order chi connectivity index (χ0) is 17.1. The standard InChI is InChI=1S/2C9H9NO2/c2*11-9(12)8-5-6-3-1-2-4-7(6)10-8/h2*1-4,8,10H,5H2,(H,11,12). The van der Waals surface area contributed by atoms with Crippen LogP contribution >= 0.6 is 0 Å². The second-order valence-electron chi connectivity index (χ2n) is 5.79. The van der Waals surface area contributed by atoms with Crippen molar-refractivity contribution in [1.82, 2.24) is 0 Å². The fourth-order valence-electron chi connectivity index (χ4n) is 2.89. The van der Waals surface area contributed by atoms with Crippen molar-refractivity contribution >= 4 is 23.3 Å². The maximum Gasteiger partial charge on any atom is 0.326 e. The van der Waals surface area contributed by atoms with Crippen molar-refractivity contribution < 1.29 is 19.8 Å². The van der Waals surface area contributed by atoms with Crippen LogP contribution in [-0.4, -0.2) is 34.2 Å². The summed E-state index contributed by atoms with van der Waals surface area (Å²) in [6.07, 6.45) is 1.18. The lowest BCUT2D eigenvalue weighted by Gasteiger charge is -2.02. The summed E-state index contributed by atoms with van der Waals surface area (Å²) in [6, 6.07) is 14.5. The molecule has 2 aromatic carbocycles. The van der Waals surface area contributed by atoms with Gasteiger partial charge >= 0.3 is 11.9 Å². The van der Waals surface area contributed by atoms with E-state index in [0.29, 0.717) is 12.8 Å². The SMILES string of the molecule is O=C(O)C1Cc2ccccc2N1.O=C(O)C1Cc2ccccc2N1. The van der Waals surface area contributed by atoms with Crippen molar-refractivity contribution in [3.63, 3.8) is 0 Å². The number of rotatable bonds is 2. The molecule has 0 saturated heterocycles. The number of nitrogens with one attached hydrogen (secondary N) is 2. The van der Waals surface area contributed by atoms with Gasteiger partial charge in [-0.15, -0.1) is 0 Å². The Morgan fingerprint density at radius 3 is 1.46 bits per heavy atom. The van der Waals surface area contributed by atoms with E-state index in [1.165, 1.54) is 0 Å².